The van der Waals surface area contributed by atoms with E-state index in [9.17, 15) is 0 Å². The molecule has 0 aromatic heterocycles. The molecule has 3 rings (SSSR count). The second kappa shape index (κ2) is 5.76. The van der Waals surface area contributed by atoms with Gasteiger partial charge in [-0.25, -0.2) is 0 Å². The predicted molar refractivity (Wildman–Crippen MR) is 90.5 cm³/mol. The summed E-state index contributed by atoms with van der Waals surface area (Å²) in [6.45, 7) is 6.96. The van der Waals surface area contributed by atoms with E-state index in [-0.39, 0.29) is 0 Å². The molecule has 0 radical (unpaired) electrons. The van der Waals surface area contributed by atoms with Crippen molar-refractivity contribution in [3.8, 4) is 0 Å². The molecule has 3 unspecified atom stereocenters. The van der Waals surface area contributed by atoms with Crippen molar-refractivity contribution in [3.05, 3.63) is 35.4 Å². The van der Waals surface area contributed by atoms with E-state index in [1.54, 1.807) is 0 Å². The van der Waals surface area contributed by atoms with Gasteiger partial charge in [-0.1, -0.05) is 57.9 Å². The molecule has 0 amide bonds. The minimum absolute atomic E-state index is 0.293. The lowest BCUT2D eigenvalue weighted by atomic mass is 9.81. The Morgan fingerprint density at radius 3 is 2.14 bits per heavy atom. The lowest BCUT2D eigenvalue weighted by Crippen LogP contribution is -2.20. The Bertz CT molecular complexity index is 461. The highest BCUT2D eigenvalue weighted by molar-refractivity contribution is 5.31. The summed E-state index contributed by atoms with van der Waals surface area (Å²) in [7, 11) is 2.14. The van der Waals surface area contributed by atoms with Gasteiger partial charge in [0.2, 0.25) is 0 Å². The Morgan fingerprint density at radius 1 is 1.10 bits per heavy atom. The van der Waals surface area contributed by atoms with E-state index in [0.29, 0.717) is 11.5 Å². The van der Waals surface area contributed by atoms with Gasteiger partial charge >= 0.3 is 0 Å². The number of benzene rings is 1. The molecule has 2 fully saturated rings. The second-order valence-electron chi connectivity index (χ2n) is 7.82. The molecule has 2 saturated carbocycles. The van der Waals surface area contributed by atoms with Crippen molar-refractivity contribution in [2.45, 2.75) is 64.3 Å². The van der Waals surface area contributed by atoms with Gasteiger partial charge in [-0.05, 0) is 60.6 Å². The SMILES string of the molecule is CCC(C)(C)c1ccc(C(NC)C2C3CCCCC32)cc1. The van der Waals surface area contributed by atoms with E-state index < -0.39 is 0 Å². The standard InChI is InChI=1S/C20H31N/c1-5-20(2,3)15-12-10-14(11-13-15)19(21-4)18-16-8-6-7-9-17(16)18/h10-13,16-19,21H,5-9H2,1-4H3. The van der Waals surface area contributed by atoms with Gasteiger partial charge in [0.25, 0.3) is 0 Å². The molecule has 0 spiro atoms. The molecule has 1 aromatic carbocycles. The van der Waals surface area contributed by atoms with Gasteiger partial charge in [0.15, 0.2) is 0 Å². The summed E-state index contributed by atoms with van der Waals surface area (Å²) in [5.41, 5.74) is 3.26. The van der Waals surface area contributed by atoms with Crippen LogP contribution in [0.1, 0.15) is 70.0 Å². The predicted octanol–water partition coefficient (Wildman–Crippen LogP) is 5.07. The minimum Gasteiger partial charge on any atom is -0.313 e. The Morgan fingerprint density at radius 2 is 1.67 bits per heavy atom. The lowest BCUT2D eigenvalue weighted by Gasteiger charge is -2.24. The molecule has 116 valence electrons. The van der Waals surface area contributed by atoms with Crippen LogP contribution in [0.15, 0.2) is 24.3 Å². The largest absolute Gasteiger partial charge is 0.313 e. The summed E-state index contributed by atoms with van der Waals surface area (Å²) in [5, 5.41) is 3.61. The van der Waals surface area contributed by atoms with E-state index in [1.807, 2.05) is 0 Å². The van der Waals surface area contributed by atoms with E-state index in [0.717, 1.165) is 17.8 Å². The van der Waals surface area contributed by atoms with Gasteiger partial charge in [-0.15, -0.1) is 0 Å². The highest BCUT2D eigenvalue weighted by Gasteiger charge is 2.53. The van der Waals surface area contributed by atoms with E-state index in [1.165, 1.54) is 43.2 Å². The Hall–Kier alpha value is -0.820. The van der Waals surface area contributed by atoms with Crippen LogP contribution in [0.4, 0.5) is 0 Å². The third kappa shape index (κ3) is 2.77. The van der Waals surface area contributed by atoms with Crippen LogP contribution in [0.2, 0.25) is 0 Å². The third-order valence-electron chi connectivity index (χ3n) is 6.35. The van der Waals surface area contributed by atoms with E-state index in [2.05, 4.69) is 57.4 Å². The van der Waals surface area contributed by atoms with Crippen LogP contribution in [0.3, 0.4) is 0 Å². The maximum atomic E-state index is 3.61. The summed E-state index contributed by atoms with van der Waals surface area (Å²) < 4.78 is 0. The van der Waals surface area contributed by atoms with Crippen LogP contribution in [0.25, 0.3) is 0 Å². The normalized spacial score (nSPS) is 29.8. The number of nitrogens with one attached hydrogen (secondary N) is 1. The zero-order valence-electron chi connectivity index (χ0n) is 14.2. The smallest absolute Gasteiger partial charge is 0.0351 e. The van der Waals surface area contributed by atoms with Crippen molar-refractivity contribution in [3.63, 3.8) is 0 Å². The fourth-order valence-electron chi connectivity index (χ4n) is 4.47. The first kappa shape index (κ1) is 15.1. The summed E-state index contributed by atoms with van der Waals surface area (Å²) >= 11 is 0. The Labute approximate surface area is 130 Å². The van der Waals surface area contributed by atoms with Crippen LogP contribution >= 0.6 is 0 Å². The molecule has 1 nitrogen and oxygen atoms in total. The van der Waals surface area contributed by atoms with Gasteiger partial charge in [-0.3, -0.25) is 0 Å². The molecule has 2 aliphatic rings. The topological polar surface area (TPSA) is 12.0 Å². The Kier molecular flexibility index (Phi) is 4.14. The van der Waals surface area contributed by atoms with Gasteiger partial charge in [0.1, 0.15) is 0 Å². The molecule has 1 heteroatoms. The molecule has 2 aliphatic carbocycles. The first-order valence-corrected chi connectivity index (χ1v) is 8.86. The monoisotopic (exact) mass is 285 g/mol. The minimum atomic E-state index is 0.293. The van der Waals surface area contributed by atoms with Crippen molar-refractivity contribution in [2.24, 2.45) is 17.8 Å². The average Bonchev–Trinajstić information content (AvgIpc) is 3.23. The molecule has 3 atom stereocenters. The van der Waals surface area contributed by atoms with Crippen molar-refractivity contribution in [2.75, 3.05) is 7.05 Å². The number of hydrogen-bond donors (Lipinski definition) is 1. The molecule has 1 N–H and O–H groups in total. The molecular weight excluding hydrogens is 254 g/mol. The van der Waals surface area contributed by atoms with Gasteiger partial charge in [0.05, 0.1) is 0 Å². The molecule has 1 aromatic rings. The Balaban J connectivity index is 1.76. The molecule has 0 saturated heterocycles. The summed E-state index contributed by atoms with van der Waals surface area (Å²) in [6.07, 6.45) is 7.03. The van der Waals surface area contributed by atoms with Crippen molar-refractivity contribution in [1.82, 2.24) is 5.32 Å². The first-order chi connectivity index (χ1) is 10.1. The number of hydrogen-bond acceptors (Lipinski definition) is 1. The van der Waals surface area contributed by atoms with Crippen LogP contribution in [0.5, 0.6) is 0 Å². The maximum Gasteiger partial charge on any atom is 0.0351 e. The second-order valence-corrected chi connectivity index (χ2v) is 7.82. The van der Waals surface area contributed by atoms with E-state index in [4.69, 9.17) is 0 Å². The highest BCUT2D eigenvalue weighted by atomic mass is 14.9. The van der Waals surface area contributed by atoms with Crippen molar-refractivity contribution in [1.29, 1.82) is 0 Å². The van der Waals surface area contributed by atoms with Crippen molar-refractivity contribution >= 4 is 0 Å². The van der Waals surface area contributed by atoms with Crippen LogP contribution in [-0.2, 0) is 5.41 Å². The number of rotatable bonds is 5. The highest BCUT2D eigenvalue weighted by Crippen LogP contribution is 2.60. The average molecular weight is 285 g/mol. The van der Waals surface area contributed by atoms with Gasteiger partial charge in [0, 0.05) is 6.04 Å². The van der Waals surface area contributed by atoms with Crippen molar-refractivity contribution < 1.29 is 0 Å². The zero-order valence-corrected chi connectivity index (χ0v) is 14.2. The zero-order chi connectivity index (χ0) is 15.0. The molecule has 0 aliphatic heterocycles. The van der Waals surface area contributed by atoms with E-state index >= 15 is 0 Å². The molecule has 0 bridgehead atoms. The number of fused-ring (bicyclic) bond motifs is 1. The van der Waals surface area contributed by atoms with Crippen LogP contribution in [-0.4, -0.2) is 7.05 Å². The molecule has 21 heavy (non-hydrogen) atoms. The summed E-state index contributed by atoms with van der Waals surface area (Å²) in [6, 6.07) is 10.0. The lowest BCUT2D eigenvalue weighted by molar-refractivity contribution is 0.479. The molecular formula is C20H31N. The third-order valence-corrected chi connectivity index (χ3v) is 6.35. The van der Waals surface area contributed by atoms with Crippen LogP contribution in [0, 0.1) is 17.8 Å². The quantitative estimate of drug-likeness (QED) is 0.796. The van der Waals surface area contributed by atoms with Crippen LogP contribution < -0.4 is 5.32 Å². The van der Waals surface area contributed by atoms with Gasteiger partial charge in [-0.2, -0.15) is 0 Å². The fraction of sp³-hybridized carbons (Fsp3) is 0.700. The maximum absolute atomic E-state index is 3.61. The first-order valence-electron chi connectivity index (χ1n) is 8.86. The summed E-state index contributed by atoms with van der Waals surface area (Å²) in [4.78, 5) is 0. The summed E-state index contributed by atoms with van der Waals surface area (Å²) in [5.74, 6) is 2.90. The fourth-order valence-corrected chi connectivity index (χ4v) is 4.47. The molecule has 0 heterocycles. The van der Waals surface area contributed by atoms with Gasteiger partial charge < -0.3 is 5.32 Å².